The highest BCUT2D eigenvalue weighted by Crippen LogP contribution is 2.27. The number of carbonyl (C=O) groups is 1. The second kappa shape index (κ2) is 10.4. The molecule has 0 atom stereocenters. The van der Waals surface area contributed by atoms with Gasteiger partial charge >= 0.3 is 0 Å². The van der Waals surface area contributed by atoms with Crippen LogP contribution in [0.5, 0.6) is 0 Å². The third-order valence-electron chi connectivity index (χ3n) is 6.27. The highest BCUT2D eigenvalue weighted by Gasteiger charge is 2.15. The first-order valence-corrected chi connectivity index (χ1v) is 11.4. The lowest BCUT2D eigenvalue weighted by Crippen LogP contribution is -2.28. The van der Waals surface area contributed by atoms with Crippen LogP contribution in [0.25, 0.3) is 11.0 Å². The second-order valence-electron chi connectivity index (χ2n) is 8.60. The molecule has 0 aliphatic heterocycles. The van der Waals surface area contributed by atoms with Crippen LogP contribution in [0.3, 0.4) is 0 Å². The minimum Gasteiger partial charge on any atom is -0.354 e. The maximum atomic E-state index is 12.8. The van der Waals surface area contributed by atoms with Gasteiger partial charge in [-0.2, -0.15) is 5.10 Å². The van der Waals surface area contributed by atoms with Crippen molar-refractivity contribution in [2.75, 3.05) is 6.54 Å². The van der Waals surface area contributed by atoms with E-state index in [0.29, 0.717) is 36.5 Å². The molecule has 2 aromatic heterocycles. The molecular weight excluding hydrogens is 424 g/mol. The first kappa shape index (κ1) is 22.6. The van der Waals surface area contributed by atoms with Crippen LogP contribution < -0.4 is 10.9 Å². The monoisotopic (exact) mass is 452 g/mol. The van der Waals surface area contributed by atoms with Gasteiger partial charge in [-0.3, -0.25) is 24.3 Å². The second-order valence-corrected chi connectivity index (χ2v) is 8.60. The van der Waals surface area contributed by atoms with E-state index in [1.807, 2.05) is 0 Å². The zero-order valence-electron chi connectivity index (χ0n) is 18.5. The summed E-state index contributed by atoms with van der Waals surface area (Å²) in [6.07, 6.45) is 10.8. The van der Waals surface area contributed by atoms with Crippen molar-refractivity contribution in [2.24, 2.45) is 5.92 Å². The Morgan fingerprint density at radius 2 is 1.94 bits per heavy atom. The molecule has 0 unspecified atom stereocenters. The first-order valence-electron chi connectivity index (χ1n) is 11.4. The van der Waals surface area contributed by atoms with E-state index in [9.17, 15) is 19.7 Å². The fourth-order valence-electron chi connectivity index (χ4n) is 4.39. The van der Waals surface area contributed by atoms with Gasteiger partial charge in [-0.15, -0.1) is 0 Å². The van der Waals surface area contributed by atoms with Crippen molar-refractivity contribution in [2.45, 2.75) is 58.0 Å². The molecule has 0 saturated heterocycles. The number of carbonyl (C=O) groups excluding carboxylic acids is 1. The van der Waals surface area contributed by atoms with E-state index in [-0.39, 0.29) is 23.7 Å². The van der Waals surface area contributed by atoms with Crippen LogP contribution in [-0.4, -0.2) is 36.7 Å². The molecule has 10 heteroatoms. The Bertz CT molecular complexity index is 1180. The van der Waals surface area contributed by atoms with Crippen LogP contribution in [0, 0.1) is 16.0 Å². The molecule has 1 fully saturated rings. The number of nitro benzene ring substituents is 1. The summed E-state index contributed by atoms with van der Waals surface area (Å²) in [5, 5.41) is 18.4. The van der Waals surface area contributed by atoms with E-state index in [0.717, 1.165) is 12.0 Å². The highest BCUT2D eigenvalue weighted by atomic mass is 16.6. The van der Waals surface area contributed by atoms with Gasteiger partial charge in [0, 0.05) is 25.1 Å². The Labute approximate surface area is 190 Å². The number of nitrogens with zero attached hydrogens (tertiary/aromatic N) is 5. The minimum absolute atomic E-state index is 0.00188. The lowest BCUT2D eigenvalue weighted by Gasteiger charge is -2.20. The van der Waals surface area contributed by atoms with Crippen molar-refractivity contribution >= 4 is 22.6 Å². The smallest absolute Gasteiger partial charge is 0.269 e. The molecule has 1 aliphatic carbocycles. The maximum absolute atomic E-state index is 12.8. The number of non-ortho nitro benzene ring substituents is 1. The van der Waals surface area contributed by atoms with Crippen molar-refractivity contribution in [1.29, 1.82) is 0 Å². The summed E-state index contributed by atoms with van der Waals surface area (Å²) in [4.78, 5) is 39.7. The fourth-order valence-corrected chi connectivity index (χ4v) is 4.39. The summed E-state index contributed by atoms with van der Waals surface area (Å²) < 4.78 is 3.07. The Kier molecular flexibility index (Phi) is 7.11. The molecule has 1 N–H and O–H groups in total. The van der Waals surface area contributed by atoms with Gasteiger partial charge < -0.3 is 5.32 Å². The third kappa shape index (κ3) is 5.63. The molecule has 0 spiro atoms. The van der Waals surface area contributed by atoms with E-state index in [1.54, 1.807) is 16.8 Å². The van der Waals surface area contributed by atoms with Gasteiger partial charge in [0.25, 0.3) is 11.2 Å². The fraction of sp³-hybridized carbons (Fsp3) is 0.478. The zero-order valence-corrected chi connectivity index (χ0v) is 18.5. The number of nitro groups is 1. The molecule has 0 bridgehead atoms. The van der Waals surface area contributed by atoms with Crippen LogP contribution in [-0.2, 0) is 17.9 Å². The first-order chi connectivity index (χ1) is 16.0. The molecule has 33 heavy (non-hydrogen) atoms. The largest absolute Gasteiger partial charge is 0.354 e. The lowest BCUT2D eigenvalue weighted by atomic mass is 9.86. The molecule has 2 heterocycles. The molecule has 4 rings (SSSR count). The van der Waals surface area contributed by atoms with Crippen LogP contribution >= 0.6 is 0 Å². The van der Waals surface area contributed by atoms with Gasteiger partial charge in [-0.25, -0.2) is 9.67 Å². The van der Waals surface area contributed by atoms with Crippen LogP contribution in [0.15, 0.2) is 41.6 Å². The molecular formula is C23H28N6O4. The lowest BCUT2D eigenvalue weighted by molar-refractivity contribution is -0.384. The van der Waals surface area contributed by atoms with Gasteiger partial charge in [0.15, 0.2) is 5.65 Å². The minimum atomic E-state index is -0.461. The molecule has 10 nitrogen and oxygen atoms in total. The number of hydrogen-bond acceptors (Lipinski definition) is 6. The van der Waals surface area contributed by atoms with Gasteiger partial charge in [-0.1, -0.05) is 44.2 Å². The van der Waals surface area contributed by atoms with Gasteiger partial charge in [0.05, 0.1) is 24.2 Å². The average Bonchev–Trinajstić information content (AvgIpc) is 3.24. The third-order valence-corrected chi connectivity index (χ3v) is 6.27. The summed E-state index contributed by atoms with van der Waals surface area (Å²) in [7, 11) is 0. The topological polar surface area (TPSA) is 125 Å². The Morgan fingerprint density at radius 3 is 2.67 bits per heavy atom. The van der Waals surface area contributed by atoms with Crippen molar-refractivity contribution in [1.82, 2.24) is 24.6 Å². The van der Waals surface area contributed by atoms with Crippen molar-refractivity contribution in [3.8, 4) is 0 Å². The van der Waals surface area contributed by atoms with Gasteiger partial charge in [0.2, 0.25) is 5.91 Å². The molecule has 174 valence electrons. The molecule has 0 radical (unpaired) electrons. The van der Waals surface area contributed by atoms with Crippen molar-refractivity contribution in [3.63, 3.8) is 0 Å². The highest BCUT2D eigenvalue weighted by molar-refractivity contribution is 5.76. The van der Waals surface area contributed by atoms with E-state index < -0.39 is 4.92 Å². The quantitative estimate of drug-likeness (QED) is 0.393. The van der Waals surface area contributed by atoms with E-state index in [4.69, 9.17) is 0 Å². The number of benzene rings is 1. The van der Waals surface area contributed by atoms with Crippen LogP contribution in [0.2, 0.25) is 0 Å². The summed E-state index contributed by atoms with van der Waals surface area (Å²) in [6.45, 7) is 1.10. The van der Waals surface area contributed by atoms with E-state index >= 15 is 0 Å². The summed E-state index contributed by atoms with van der Waals surface area (Å²) in [5.41, 5.74) is 0.992. The molecule has 1 aliphatic rings. The Balaban J connectivity index is 1.33. The maximum Gasteiger partial charge on any atom is 0.269 e. The summed E-state index contributed by atoms with van der Waals surface area (Å²) in [5.74, 6) is 0.729. The molecule has 3 aromatic rings. The Morgan fingerprint density at radius 1 is 1.18 bits per heavy atom. The van der Waals surface area contributed by atoms with Crippen LogP contribution in [0.1, 0.15) is 50.5 Å². The number of rotatable bonds is 9. The normalized spacial score (nSPS) is 14.4. The number of nitrogens with one attached hydrogen (secondary N) is 1. The molecule has 1 amide bonds. The van der Waals surface area contributed by atoms with Crippen molar-refractivity contribution in [3.05, 3.63) is 62.8 Å². The predicted octanol–water partition coefficient (Wildman–Crippen LogP) is 3.03. The number of hydrogen-bond donors (Lipinski definition) is 1. The summed E-state index contributed by atoms with van der Waals surface area (Å²) >= 11 is 0. The summed E-state index contributed by atoms with van der Waals surface area (Å²) in [6, 6.07) is 6.06. The van der Waals surface area contributed by atoms with Crippen molar-refractivity contribution < 1.29 is 9.72 Å². The average molecular weight is 453 g/mol. The number of fused-ring (bicyclic) bond motifs is 1. The number of aromatic nitrogens is 4. The van der Waals surface area contributed by atoms with Gasteiger partial charge in [-0.05, 0) is 17.9 Å². The standard InChI is InChI=1S/C23H28N6O4/c30-21(11-8-17-4-2-1-3-5-17)24-12-13-28-22-20(14-26-28)23(31)27(16-25-22)15-18-6-9-19(10-7-18)29(32)33/h6-7,9-10,14,16-17H,1-5,8,11-13,15H2,(H,24,30). The van der Waals surface area contributed by atoms with Crippen LogP contribution in [0.4, 0.5) is 5.69 Å². The number of amides is 1. The molecule has 1 saturated carbocycles. The Hall–Kier alpha value is -3.56. The van der Waals surface area contributed by atoms with Gasteiger partial charge in [0.1, 0.15) is 11.7 Å². The predicted molar refractivity (Wildman–Crippen MR) is 123 cm³/mol. The zero-order chi connectivity index (χ0) is 23.2. The molecule has 1 aromatic carbocycles. The van der Waals surface area contributed by atoms with E-state index in [2.05, 4.69) is 15.4 Å². The SMILES string of the molecule is O=C(CCC1CCCCC1)NCCn1ncc2c(=O)n(Cc3ccc([N+](=O)[O-])cc3)cnc21. The van der Waals surface area contributed by atoms with E-state index in [1.165, 1.54) is 61.3 Å².